The number of rotatable bonds is 3. The fourth-order valence-corrected chi connectivity index (χ4v) is 2.16. The van der Waals surface area contributed by atoms with Crippen molar-refractivity contribution in [1.82, 2.24) is 14.7 Å². The Morgan fingerprint density at radius 1 is 1.58 bits per heavy atom. The number of aromatic nitrogens is 2. The summed E-state index contributed by atoms with van der Waals surface area (Å²) in [4.78, 5) is 34.5. The molecule has 0 spiro atoms. The molecule has 1 aromatic heterocycles. The number of hydrogen-bond donors (Lipinski definition) is 1. The Morgan fingerprint density at radius 2 is 2.26 bits per heavy atom. The molecule has 0 saturated carbocycles. The summed E-state index contributed by atoms with van der Waals surface area (Å²) in [6, 6.07) is -0.936. The maximum Gasteiger partial charge on any atom is 0.326 e. The number of carbonyl (C=O) groups excluding carboxylic acids is 1. The molecule has 1 aromatic rings. The molecule has 2 rings (SSSR count). The van der Waals surface area contributed by atoms with Gasteiger partial charge in [0.1, 0.15) is 12.2 Å². The molecule has 0 aliphatic carbocycles. The number of likely N-dealkylation sites (tertiary alicyclic amines) is 1. The van der Waals surface area contributed by atoms with Gasteiger partial charge in [-0.15, -0.1) is 0 Å². The van der Waals surface area contributed by atoms with Crippen LogP contribution in [0.2, 0.25) is 0 Å². The van der Waals surface area contributed by atoms with Crippen molar-refractivity contribution in [2.24, 2.45) is 7.05 Å². The highest BCUT2D eigenvalue weighted by Crippen LogP contribution is 2.24. The molecule has 102 valence electrons. The average molecular weight is 268 g/mol. The van der Waals surface area contributed by atoms with Crippen LogP contribution in [0.4, 0.5) is 5.69 Å². The minimum Gasteiger partial charge on any atom is -0.480 e. The summed E-state index contributed by atoms with van der Waals surface area (Å²) in [6.07, 6.45) is 2.03. The third-order valence-corrected chi connectivity index (χ3v) is 3.01. The third-order valence-electron chi connectivity index (χ3n) is 3.01. The number of carboxylic acid groups (broad SMARTS) is 1. The van der Waals surface area contributed by atoms with Gasteiger partial charge >= 0.3 is 11.7 Å². The van der Waals surface area contributed by atoms with Gasteiger partial charge in [0.25, 0.3) is 5.91 Å². The second-order valence-electron chi connectivity index (χ2n) is 4.29. The van der Waals surface area contributed by atoms with Gasteiger partial charge in [-0.3, -0.25) is 19.6 Å². The van der Waals surface area contributed by atoms with Crippen LogP contribution in [0.1, 0.15) is 23.3 Å². The Labute approximate surface area is 107 Å². The van der Waals surface area contributed by atoms with Gasteiger partial charge in [-0.25, -0.2) is 4.79 Å². The number of nitrogens with zero attached hydrogens (tertiary/aromatic N) is 4. The van der Waals surface area contributed by atoms with Gasteiger partial charge in [-0.05, 0) is 12.8 Å². The zero-order valence-corrected chi connectivity index (χ0v) is 10.1. The largest absolute Gasteiger partial charge is 0.480 e. The standard InChI is InChI=1S/C10H12N4O5/c1-12-5-7(14(18)19)8(11-12)9(15)13-4-2-3-6(13)10(16)17/h5-6H,2-4H2,1H3,(H,16,17)/t6-/m1/s1. The van der Waals surface area contributed by atoms with E-state index in [9.17, 15) is 19.7 Å². The minimum atomic E-state index is -1.11. The number of aliphatic carboxylic acids is 1. The predicted octanol–water partition coefficient (Wildman–Crippen LogP) is 0.0175. The number of nitro groups is 1. The third kappa shape index (κ3) is 2.26. The van der Waals surface area contributed by atoms with Crippen molar-refractivity contribution in [1.29, 1.82) is 0 Å². The van der Waals surface area contributed by atoms with E-state index in [0.29, 0.717) is 12.8 Å². The molecule has 1 fully saturated rings. The average Bonchev–Trinajstić information content (AvgIpc) is 2.93. The Hall–Kier alpha value is -2.45. The lowest BCUT2D eigenvalue weighted by atomic mass is 10.2. The van der Waals surface area contributed by atoms with Crippen LogP contribution in [0.5, 0.6) is 0 Å². The zero-order valence-electron chi connectivity index (χ0n) is 10.1. The fraction of sp³-hybridized carbons (Fsp3) is 0.500. The Morgan fingerprint density at radius 3 is 2.84 bits per heavy atom. The van der Waals surface area contributed by atoms with Crippen molar-refractivity contribution in [3.8, 4) is 0 Å². The lowest BCUT2D eigenvalue weighted by Gasteiger charge is -2.19. The molecular weight excluding hydrogens is 256 g/mol. The van der Waals surface area contributed by atoms with E-state index in [0.717, 1.165) is 15.8 Å². The van der Waals surface area contributed by atoms with E-state index in [2.05, 4.69) is 5.10 Å². The summed E-state index contributed by atoms with van der Waals surface area (Å²) in [5.74, 6) is -1.82. The minimum absolute atomic E-state index is 0.267. The van der Waals surface area contributed by atoms with E-state index in [4.69, 9.17) is 5.11 Å². The van der Waals surface area contributed by atoms with Gasteiger partial charge in [0, 0.05) is 13.6 Å². The molecule has 0 radical (unpaired) electrons. The highest BCUT2D eigenvalue weighted by molar-refractivity contribution is 5.98. The van der Waals surface area contributed by atoms with Gasteiger partial charge in [0.15, 0.2) is 0 Å². The number of aryl methyl sites for hydroxylation is 1. The van der Waals surface area contributed by atoms with Crippen molar-refractivity contribution >= 4 is 17.6 Å². The Balaban J connectivity index is 2.34. The molecule has 0 unspecified atom stereocenters. The monoisotopic (exact) mass is 268 g/mol. The lowest BCUT2D eigenvalue weighted by Crippen LogP contribution is -2.40. The molecule has 1 saturated heterocycles. The molecule has 9 heteroatoms. The molecule has 0 bridgehead atoms. The predicted molar refractivity (Wildman–Crippen MR) is 61.6 cm³/mol. The van der Waals surface area contributed by atoms with Crippen molar-refractivity contribution in [3.05, 3.63) is 22.0 Å². The molecular formula is C10H12N4O5. The Bertz CT molecular complexity index is 552. The Kier molecular flexibility index (Phi) is 3.19. The number of carboxylic acids is 1. The van der Waals surface area contributed by atoms with E-state index in [1.165, 1.54) is 7.05 Å². The highest BCUT2D eigenvalue weighted by Gasteiger charge is 2.38. The van der Waals surface area contributed by atoms with Crippen LogP contribution in [0.15, 0.2) is 6.20 Å². The maximum atomic E-state index is 12.2. The van der Waals surface area contributed by atoms with Crippen LogP contribution in [-0.2, 0) is 11.8 Å². The van der Waals surface area contributed by atoms with Crippen LogP contribution >= 0.6 is 0 Å². The summed E-state index contributed by atoms with van der Waals surface area (Å²) in [6.45, 7) is 0.267. The van der Waals surface area contributed by atoms with E-state index in [1.807, 2.05) is 0 Å². The topological polar surface area (TPSA) is 119 Å². The summed E-state index contributed by atoms with van der Waals surface area (Å²) in [7, 11) is 1.46. The summed E-state index contributed by atoms with van der Waals surface area (Å²) >= 11 is 0. The number of amides is 1. The second-order valence-corrected chi connectivity index (χ2v) is 4.29. The first kappa shape index (κ1) is 13.0. The quantitative estimate of drug-likeness (QED) is 0.609. The van der Waals surface area contributed by atoms with Crippen molar-refractivity contribution in [2.45, 2.75) is 18.9 Å². The fourth-order valence-electron chi connectivity index (χ4n) is 2.16. The van der Waals surface area contributed by atoms with Gasteiger partial charge in [-0.2, -0.15) is 5.10 Å². The zero-order chi connectivity index (χ0) is 14.2. The van der Waals surface area contributed by atoms with Crippen molar-refractivity contribution in [2.75, 3.05) is 6.54 Å². The smallest absolute Gasteiger partial charge is 0.326 e. The van der Waals surface area contributed by atoms with Crippen LogP contribution in [0.25, 0.3) is 0 Å². The first-order valence-corrected chi connectivity index (χ1v) is 5.63. The van der Waals surface area contributed by atoms with Gasteiger partial charge in [-0.1, -0.05) is 0 Å². The van der Waals surface area contributed by atoms with Crippen LogP contribution in [-0.4, -0.2) is 49.2 Å². The molecule has 19 heavy (non-hydrogen) atoms. The van der Waals surface area contributed by atoms with Gasteiger partial charge in [0.2, 0.25) is 5.69 Å². The van der Waals surface area contributed by atoms with Crippen LogP contribution < -0.4 is 0 Å². The summed E-state index contributed by atoms with van der Waals surface area (Å²) < 4.78 is 1.16. The van der Waals surface area contributed by atoms with E-state index >= 15 is 0 Å². The van der Waals surface area contributed by atoms with Crippen LogP contribution in [0, 0.1) is 10.1 Å². The maximum absolute atomic E-state index is 12.2. The molecule has 9 nitrogen and oxygen atoms in total. The van der Waals surface area contributed by atoms with Gasteiger partial charge in [0.05, 0.1) is 4.92 Å². The second kappa shape index (κ2) is 4.67. The molecule has 1 N–H and O–H groups in total. The first-order valence-electron chi connectivity index (χ1n) is 5.63. The van der Waals surface area contributed by atoms with E-state index < -0.39 is 28.5 Å². The molecule has 2 heterocycles. The molecule has 0 aromatic carbocycles. The van der Waals surface area contributed by atoms with E-state index in [-0.39, 0.29) is 12.2 Å². The molecule has 1 amide bonds. The van der Waals surface area contributed by atoms with Crippen LogP contribution in [0.3, 0.4) is 0 Å². The summed E-state index contributed by atoms with van der Waals surface area (Å²) in [5, 5.41) is 23.6. The molecule has 1 aliphatic rings. The van der Waals surface area contributed by atoms with Gasteiger partial charge < -0.3 is 10.0 Å². The molecule has 1 aliphatic heterocycles. The highest BCUT2D eigenvalue weighted by atomic mass is 16.6. The first-order chi connectivity index (χ1) is 8.91. The number of hydrogen-bond acceptors (Lipinski definition) is 5. The van der Waals surface area contributed by atoms with Crippen molar-refractivity contribution in [3.63, 3.8) is 0 Å². The SMILES string of the molecule is Cn1cc([N+](=O)[O-])c(C(=O)N2CCC[C@@H]2C(=O)O)n1. The molecule has 1 atom stereocenters. The van der Waals surface area contributed by atoms with E-state index in [1.54, 1.807) is 0 Å². The normalized spacial score (nSPS) is 18.6. The van der Waals surface area contributed by atoms with Crippen molar-refractivity contribution < 1.29 is 19.6 Å². The lowest BCUT2D eigenvalue weighted by molar-refractivity contribution is -0.385. The summed E-state index contributed by atoms with van der Waals surface area (Å²) in [5.41, 5.74) is -0.732. The number of carbonyl (C=O) groups is 2.